The quantitative estimate of drug-likeness (QED) is 0.766. The summed E-state index contributed by atoms with van der Waals surface area (Å²) >= 11 is 0. The minimum Gasteiger partial charge on any atom is -0.382 e. The van der Waals surface area contributed by atoms with Gasteiger partial charge in [0.15, 0.2) is 0 Å². The molecule has 106 valence electrons. The number of unbranched alkanes of at least 4 members (excludes halogenated alkanes) is 1. The highest BCUT2D eigenvalue weighted by Crippen LogP contribution is 2.24. The van der Waals surface area contributed by atoms with Crippen molar-refractivity contribution in [3.8, 4) is 0 Å². The molecule has 1 aromatic rings. The summed E-state index contributed by atoms with van der Waals surface area (Å²) in [5.74, 6) is 0. The average Bonchev–Trinajstić information content (AvgIpc) is 2.98. The molecular formula is C17H28N2. The number of hydrogen-bond acceptors (Lipinski definition) is 2. The van der Waals surface area contributed by atoms with Crippen LogP contribution in [0.25, 0.3) is 0 Å². The Kier molecular flexibility index (Phi) is 5.56. The second-order valence-electron chi connectivity index (χ2n) is 5.64. The molecule has 0 radical (unpaired) electrons. The van der Waals surface area contributed by atoms with Crippen LogP contribution in [0.2, 0.25) is 0 Å². The van der Waals surface area contributed by atoms with Crippen molar-refractivity contribution in [3.05, 3.63) is 24.3 Å². The van der Waals surface area contributed by atoms with Crippen LogP contribution < -0.4 is 10.2 Å². The molecule has 0 saturated carbocycles. The zero-order valence-electron chi connectivity index (χ0n) is 12.5. The zero-order chi connectivity index (χ0) is 13.5. The summed E-state index contributed by atoms with van der Waals surface area (Å²) in [6.07, 6.45) is 7.76. The Balaban J connectivity index is 1.97. The summed E-state index contributed by atoms with van der Waals surface area (Å²) in [5.41, 5.74) is 2.67. The van der Waals surface area contributed by atoms with Gasteiger partial charge < -0.3 is 10.2 Å². The SMILES string of the molecule is CCCCC(CC)Nc1cccc(N2CCCC2)c1. The molecule has 1 heterocycles. The normalized spacial score (nSPS) is 16.6. The van der Waals surface area contributed by atoms with Gasteiger partial charge in [0.25, 0.3) is 0 Å². The number of hydrogen-bond donors (Lipinski definition) is 1. The molecule has 0 aliphatic carbocycles. The smallest absolute Gasteiger partial charge is 0.0386 e. The fraction of sp³-hybridized carbons (Fsp3) is 0.647. The third-order valence-electron chi connectivity index (χ3n) is 4.09. The van der Waals surface area contributed by atoms with E-state index in [0.29, 0.717) is 6.04 Å². The Hall–Kier alpha value is -1.18. The molecule has 1 N–H and O–H groups in total. The van der Waals surface area contributed by atoms with Crippen LogP contribution in [0.5, 0.6) is 0 Å². The molecule has 0 amide bonds. The van der Waals surface area contributed by atoms with Crippen molar-refractivity contribution in [2.45, 2.75) is 58.4 Å². The molecule has 1 unspecified atom stereocenters. The van der Waals surface area contributed by atoms with Gasteiger partial charge in [0.05, 0.1) is 0 Å². The lowest BCUT2D eigenvalue weighted by Gasteiger charge is -2.21. The van der Waals surface area contributed by atoms with E-state index in [4.69, 9.17) is 0 Å². The number of benzene rings is 1. The van der Waals surface area contributed by atoms with Crippen LogP contribution in [0, 0.1) is 0 Å². The van der Waals surface area contributed by atoms with E-state index < -0.39 is 0 Å². The maximum absolute atomic E-state index is 3.70. The predicted octanol–water partition coefficient (Wildman–Crippen LogP) is 4.67. The number of anilines is 2. The van der Waals surface area contributed by atoms with E-state index in [1.54, 1.807) is 0 Å². The maximum Gasteiger partial charge on any atom is 0.0386 e. The molecule has 2 nitrogen and oxygen atoms in total. The van der Waals surface area contributed by atoms with Gasteiger partial charge in [-0.2, -0.15) is 0 Å². The fourth-order valence-electron chi connectivity index (χ4n) is 2.83. The van der Waals surface area contributed by atoms with Gasteiger partial charge in [-0.25, -0.2) is 0 Å². The van der Waals surface area contributed by atoms with Crippen molar-refractivity contribution >= 4 is 11.4 Å². The van der Waals surface area contributed by atoms with Crippen molar-refractivity contribution in [1.82, 2.24) is 0 Å². The van der Waals surface area contributed by atoms with Gasteiger partial charge in [0.2, 0.25) is 0 Å². The van der Waals surface area contributed by atoms with E-state index in [9.17, 15) is 0 Å². The summed E-state index contributed by atoms with van der Waals surface area (Å²) < 4.78 is 0. The summed E-state index contributed by atoms with van der Waals surface area (Å²) in [7, 11) is 0. The van der Waals surface area contributed by atoms with Crippen LogP contribution in [0.3, 0.4) is 0 Å². The maximum atomic E-state index is 3.70. The van der Waals surface area contributed by atoms with Gasteiger partial charge in [-0.3, -0.25) is 0 Å². The molecule has 1 atom stereocenters. The molecule has 1 aliphatic rings. The molecule has 1 fully saturated rings. The standard InChI is InChI=1S/C17H28N2/c1-3-5-9-15(4-2)18-16-10-8-11-17(14-16)19-12-6-7-13-19/h8,10-11,14-15,18H,3-7,9,12-13H2,1-2H3. The molecule has 1 aliphatic heterocycles. The van der Waals surface area contributed by atoms with E-state index in [1.165, 1.54) is 63.0 Å². The molecular weight excluding hydrogens is 232 g/mol. The zero-order valence-corrected chi connectivity index (χ0v) is 12.5. The Morgan fingerprint density at radius 3 is 2.68 bits per heavy atom. The largest absolute Gasteiger partial charge is 0.382 e. The molecule has 0 spiro atoms. The van der Waals surface area contributed by atoms with E-state index in [2.05, 4.69) is 48.3 Å². The third-order valence-corrected chi connectivity index (χ3v) is 4.09. The Labute approximate surface area is 118 Å². The molecule has 19 heavy (non-hydrogen) atoms. The van der Waals surface area contributed by atoms with Gasteiger partial charge in [-0.15, -0.1) is 0 Å². The van der Waals surface area contributed by atoms with Crippen molar-refractivity contribution in [1.29, 1.82) is 0 Å². The van der Waals surface area contributed by atoms with Crippen LogP contribution in [0.1, 0.15) is 52.4 Å². The molecule has 2 rings (SSSR count). The highest BCUT2D eigenvalue weighted by molar-refractivity contribution is 5.58. The number of rotatable bonds is 7. The summed E-state index contributed by atoms with van der Waals surface area (Å²) in [5, 5.41) is 3.70. The van der Waals surface area contributed by atoms with E-state index in [1.807, 2.05) is 0 Å². The first-order chi connectivity index (χ1) is 9.33. The predicted molar refractivity (Wildman–Crippen MR) is 85.1 cm³/mol. The van der Waals surface area contributed by atoms with Gasteiger partial charge in [-0.1, -0.05) is 32.8 Å². The van der Waals surface area contributed by atoms with Crippen molar-refractivity contribution in [3.63, 3.8) is 0 Å². The van der Waals surface area contributed by atoms with Crippen molar-refractivity contribution in [2.24, 2.45) is 0 Å². The van der Waals surface area contributed by atoms with Gasteiger partial charge in [-0.05, 0) is 43.9 Å². The van der Waals surface area contributed by atoms with Gasteiger partial charge in [0, 0.05) is 30.5 Å². The Morgan fingerprint density at radius 2 is 2.00 bits per heavy atom. The highest BCUT2D eigenvalue weighted by atomic mass is 15.1. The summed E-state index contributed by atoms with van der Waals surface area (Å²) in [6, 6.07) is 9.56. The van der Waals surface area contributed by atoms with Crippen LogP contribution in [0.15, 0.2) is 24.3 Å². The lowest BCUT2D eigenvalue weighted by molar-refractivity contribution is 0.593. The fourth-order valence-corrected chi connectivity index (χ4v) is 2.83. The highest BCUT2D eigenvalue weighted by Gasteiger charge is 2.13. The lowest BCUT2D eigenvalue weighted by Crippen LogP contribution is -2.20. The van der Waals surface area contributed by atoms with E-state index in [-0.39, 0.29) is 0 Å². The molecule has 0 aromatic heterocycles. The number of nitrogens with one attached hydrogen (secondary N) is 1. The number of nitrogens with zero attached hydrogens (tertiary/aromatic N) is 1. The second-order valence-corrected chi connectivity index (χ2v) is 5.64. The second kappa shape index (κ2) is 7.42. The molecule has 1 saturated heterocycles. The van der Waals surface area contributed by atoms with Crippen LogP contribution in [-0.4, -0.2) is 19.1 Å². The first-order valence-electron chi connectivity index (χ1n) is 7.95. The minimum absolute atomic E-state index is 0.619. The molecule has 0 bridgehead atoms. The van der Waals surface area contributed by atoms with Crippen molar-refractivity contribution < 1.29 is 0 Å². The average molecular weight is 260 g/mol. The van der Waals surface area contributed by atoms with E-state index in [0.717, 1.165) is 0 Å². The molecule has 2 heteroatoms. The third kappa shape index (κ3) is 4.15. The van der Waals surface area contributed by atoms with Crippen LogP contribution >= 0.6 is 0 Å². The first-order valence-corrected chi connectivity index (χ1v) is 7.95. The van der Waals surface area contributed by atoms with Crippen LogP contribution in [0.4, 0.5) is 11.4 Å². The van der Waals surface area contributed by atoms with Crippen LogP contribution in [-0.2, 0) is 0 Å². The van der Waals surface area contributed by atoms with E-state index >= 15 is 0 Å². The minimum atomic E-state index is 0.619. The molecule has 1 aromatic carbocycles. The monoisotopic (exact) mass is 260 g/mol. The summed E-state index contributed by atoms with van der Waals surface area (Å²) in [4.78, 5) is 2.50. The van der Waals surface area contributed by atoms with Gasteiger partial charge >= 0.3 is 0 Å². The lowest BCUT2D eigenvalue weighted by atomic mass is 10.1. The van der Waals surface area contributed by atoms with Gasteiger partial charge in [0.1, 0.15) is 0 Å². The topological polar surface area (TPSA) is 15.3 Å². The Morgan fingerprint density at radius 1 is 1.21 bits per heavy atom. The van der Waals surface area contributed by atoms with Crippen molar-refractivity contribution in [2.75, 3.05) is 23.3 Å². The first kappa shape index (κ1) is 14.2. The summed E-state index contributed by atoms with van der Waals surface area (Å²) in [6.45, 7) is 6.98. The Bertz CT molecular complexity index is 369.